The Morgan fingerprint density at radius 3 is 2.64 bits per heavy atom. The fourth-order valence-electron chi connectivity index (χ4n) is 2.04. The van der Waals surface area contributed by atoms with Crippen molar-refractivity contribution in [1.82, 2.24) is 5.32 Å². The van der Waals surface area contributed by atoms with Gasteiger partial charge in [-0.05, 0) is 18.1 Å². The number of carbonyl (C=O) groups is 2. The van der Waals surface area contributed by atoms with E-state index in [9.17, 15) is 9.59 Å². The molecule has 22 heavy (non-hydrogen) atoms. The predicted octanol–water partition coefficient (Wildman–Crippen LogP) is 2.20. The van der Waals surface area contributed by atoms with Crippen LogP contribution in [0.5, 0.6) is 5.75 Å². The SMILES string of the molecule is COc1ccccc1CC(C)(C)C(=O)NCCSCC(=O)O. The van der Waals surface area contributed by atoms with Crippen LogP contribution in [0.25, 0.3) is 0 Å². The summed E-state index contributed by atoms with van der Waals surface area (Å²) in [5, 5.41) is 11.4. The molecule has 122 valence electrons. The minimum absolute atomic E-state index is 0.0469. The van der Waals surface area contributed by atoms with Crippen molar-refractivity contribution in [3.05, 3.63) is 29.8 Å². The van der Waals surface area contributed by atoms with E-state index < -0.39 is 11.4 Å². The Morgan fingerprint density at radius 1 is 1.32 bits per heavy atom. The monoisotopic (exact) mass is 325 g/mol. The van der Waals surface area contributed by atoms with Gasteiger partial charge in [0, 0.05) is 17.7 Å². The van der Waals surface area contributed by atoms with Crippen LogP contribution in [0.3, 0.4) is 0 Å². The minimum atomic E-state index is -0.840. The smallest absolute Gasteiger partial charge is 0.313 e. The molecular weight excluding hydrogens is 302 g/mol. The highest BCUT2D eigenvalue weighted by Crippen LogP contribution is 2.27. The summed E-state index contributed by atoms with van der Waals surface area (Å²) < 4.78 is 5.32. The number of amides is 1. The Hall–Kier alpha value is -1.69. The molecule has 0 atom stereocenters. The lowest BCUT2D eigenvalue weighted by atomic mass is 9.84. The fourth-order valence-corrected chi connectivity index (χ4v) is 2.61. The number of carboxylic acid groups (broad SMARTS) is 1. The second-order valence-corrected chi connectivity index (χ2v) is 6.68. The molecule has 0 radical (unpaired) electrons. The summed E-state index contributed by atoms with van der Waals surface area (Å²) in [4.78, 5) is 22.7. The van der Waals surface area contributed by atoms with Gasteiger partial charge in [-0.15, -0.1) is 11.8 Å². The summed E-state index contributed by atoms with van der Waals surface area (Å²) in [7, 11) is 1.62. The van der Waals surface area contributed by atoms with Crippen molar-refractivity contribution in [3.63, 3.8) is 0 Å². The quantitative estimate of drug-likeness (QED) is 0.681. The molecule has 0 aliphatic carbocycles. The average Bonchev–Trinajstić information content (AvgIpc) is 2.46. The van der Waals surface area contributed by atoms with Crippen molar-refractivity contribution in [1.29, 1.82) is 0 Å². The first kappa shape index (κ1) is 18.4. The van der Waals surface area contributed by atoms with Gasteiger partial charge in [0.15, 0.2) is 0 Å². The van der Waals surface area contributed by atoms with Gasteiger partial charge in [-0.1, -0.05) is 32.0 Å². The average molecular weight is 325 g/mol. The highest BCUT2D eigenvalue weighted by atomic mass is 32.2. The van der Waals surface area contributed by atoms with Crippen LogP contribution < -0.4 is 10.1 Å². The van der Waals surface area contributed by atoms with Crippen LogP contribution in [0.1, 0.15) is 19.4 Å². The van der Waals surface area contributed by atoms with Crippen LogP contribution in [0.4, 0.5) is 0 Å². The molecule has 0 aromatic heterocycles. The van der Waals surface area contributed by atoms with E-state index in [0.29, 0.717) is 18.7 Å². The van der Waals surface area contributed by atoms with Crippen LogP contribution >= 0.6 is 11.8 Å². The van der Waals surface area contributed by atoms with Gasteiger partial charge in [0.1, 0.15) is 5.75 Å². The molecule has 0 heterocycles. The number of thioether (sulfide) groups is 1. The van der Waals surface area contributed by atoms with Crippen molar-refractivity contribution >= 4 is 23.6 Å². The molecule has 0 spiro atoms. The summed E-state index contributed by atoms with van der Waals surface area (Å²) >= 11 is 1.29. The van der Waals surface area contributed by atoms with Crippen LogP contribution in [-0.2, 0) is 16.0 Å². The molecule has 1 rings (SSSR count). The summed E-state index contributed by atoms with van der Waals surface area (Å²) in [6.07, 6.45) is 0.575. The van der Waals surface area contributed by atoms with E-state index in [4.69, 9.17) is 9.84 Å². The lowest BCUT2D eigenvalue weighted by Crippen LogP contribution is -2.39. The van der Waals surface area contributed by atoms with Crippen LogP contribution in [0, 0.1) is 5.41 Å². The zero-order chi connectivity index (χ0) is 16.6. The normalized spacial score (nSPS) is 11.0. The van der Waals surface area contributed by atoms with Crippen LogP contribution in [0.15, 0.2) is 24.3 Å². The third-order valence-electron chi connectivity index (χ3n) is 3.20. The molecule has 1 aromatic rings. The summed E-state index contributed by atoms with van der Waals surface area (Å²) in [5.41, 5.74) is 0.428. The lowest BCUT2D eigenvalue weighted by molar-refractivity contribution is -0.134. The molecule has 0 aliphatic heterocycles. The number of methoxy groups -OCH3 is 1. The predicted molar refractivity (Wildman–Crippen MR) is 88.4 cm³/mol. The number of hydrogen-bond acceptors (Lipinski definition) is 4. The Labute approximate surface area is 135 Å². The van der Waals surface area contributed by atoms with E-state index >= 15 is 0 Å². The van der Waals surface area contributed by atoms with E-state index in [1.807, 2.05) is 38.1 Å². The minimum Gasteiger partial charge on any atom is -0.496 e. The number of para-hydroxylation sites is 1. The molecule has 1 amide bonds. The fraction of sp³-hybridized carbons (Fsp3) is 0.500. The molecule has 1 aromatic carbocycles. The number of nitrogens with one attached hydrogen (secondary N) is 1. The first-order valence-corrected chi connectivity index (χ1v) is 8.22. The number of carboxylic acids is 1. The van der Waals surface area contributed by atoms with Crippen molar-refractivity contribution in [2.75, 3.05) is 25.2 Å². The summed E-state index contributed by atoms with van der Waals surface area (Å²) in [6.45, 7) is 4.24. The Kier molecular flexibility index (Phi) is 7.24. The summed E-state index contributed by atoms with van der Waals surface area (Å²) in [6, 6.07) is 7.66. The largest absolute Gasteiger partial charge is 0.496 e. The van der Waals surface area contributed by atoms with E-state index in [1.54, 1.807) is 7.11 Å². The van der Waals surface area contributed by atoms with E-state index in [0.717, 1.165) is 11.3 Å². The molecular formula is C16H23NO4S. The maximum absolute atomic E-state index is 12.3. The highest BCUT2D eigenvalue weighted by Gasteiger charge is 2.28. The molecule has 2 N–H and O–H groups in total. The van der Waals surface area contributed by atoms with Gasteiger partial charge < -0.3 is 15.2 Å². The Morgan fingerprint density at radius 2 is 2.00 bits per heavy atom. The van der Waals surface area contributed by atoms with Crippen molar-refractivity contribution in [3.8, 4) is 5.75 Å². The van der Waals surface area contributed by atoms with Crippen molar-refractivity contribution < 1.29 is 19.4 Å². The van der Waals surface area contributed by atoms with E-state index in [1.165, 1.54) is 11.8 Å². The van der Waals surface area contributed by atoms with Crippen molar-refractivity contribution in [2.24, 2.45) is 5.41 Å². The number of rotatable bonds is 9. The number of aliphatic carboxylic acids is 1. The van der Waals surface area contributed by atoms with Crippen molar-refractivity contribution in [2.45, 2.75) is 20.3 Å². The number of ether oxygens (including phenoxy) is 1. The molecule has 5 nitrogen and oxygen atoms in total. The molecule has 0 aliphatic rings. The molecule has 0 saturated carbocycles. The van der Waals surface area contributed by atoms with Gasteiger partial charge in [0.25, 0.3) is 0 Å². The molecule has 0 saturated heterocycles. The van der Waals surface area contributed by atoms with Gasteiger partial charge in [-0.25, -0.2) is 0 Å². The molecule has 6 heteroatoms. The first-order valence-electron chi connectivity index (χ1n) is 7.06. The maximum atomic E-state index is 12.3. The van der Waals surface area contributed by atoms with E-state index in [-0.39, 0.29) is 11.7 Å². The van der Waals surface area contributed by atoms with Gasteiger partial charge in [0.2, 0.25) is 5.91 Å². The second kappa shape index (κ2) is 8.68. The maximum Gasteiger partial charge on any atom is 0.313 e. The van der Waals surface area contributed by atoms with Crippen LogP contribution in [0.2, 0.25) is 0 Å². The summed E-state index contributed by atoms with van der Waals surface area (Å²) in [5.74, 6) is 0.533. The van der Waals surface area contributed by atoms with Gasteiger partial charge >= 0.3 is 5.97 Å². The zero-order valence-corrected chi connectivity index (χ0v) is 14.0. The standard InChI is InChI=1S/C16H23NO4S/c1-16(2,10-12-6-4-5-7-13(12)21-3)15(20)17-8-9-22-11-14(18)19/h4-7H,8-11H2,1-3H3,(H,17,20)(H,18,19). The molecule has 0 bridgehead atoms. The Balaban J connectivity index is 2.50. The van der Waals surface area contributed by atoms with Crippen LogP contribution in [-0.4, -0.2) is 42.1 Å². The zero-order valence-electron chi connectivity index (χ0n) is 13.2. The Bertz CT molecular complexity index is 517. The van der Waals surface area contributed by atoms with Gasteiger partial charge in [0.05, 0.1) is 12.9 Å². The van der Waals surface area contributed by atoms with Gasteiger partial charge in [-0.2, -0.15) is 0 Å². The number of carbonyl (C=O) groups excluding carboxylic acids is 1. The number of benzene rings is 1. The molecule has 0 fully saturated rings. The second-order valence-electron chi connectivity index (χ2n) is 5.57. The lowest BCUT2D eigenvalue weighted by Gasteiger charge is -2.24. The highest BCUT2D eigenvalue weighted by molar-refractivity contribution is 7.99. The van der Waals surface area contributed by atoms with E-state index in [2.05, 4.69) is 5.32 Å². The topological polar surface area (TPSA) is 75.6 Å². The third kappa shape index (κ3) is 5.97. The van der Waals surface area contributed by atoms with Gasteiger partial charge in [-0.3, -0.25) is 9.59 Å². The first-order chi connectivity index (χ1) is 10.4. The number of hydrogen-bond donors (Lipinski definition) is 2. The molecule has 0 unspecified atom stereocenters. The third-order valence-corrected chi connectivity index (χ3v) is 4.14.